The van der Waals surface area contributed by atoms with Crippen LogP contribution in [0.15, 0.2) is 24.5 Å². The molecule has 2 fully saturated rings. The molecule has 0 aliphatic carbocycles. The van der Waals surface area contributed by atoms with E-state index in [1.807, 2.05) is 37.0 Å². The van der Waals surface area contributed by atoms with E-state index in [9.17, 15) is 4.79 Å². The van der Waals surface area contributed by atoms with E-state index < -0.39 is 0 Å². The number of hydrogen-bond donors (Lipinski definition) is 0. The van der Waals surface area contributed by atoms with Crippen LogP contribution < -0.4 is 9.80 Å². The minimum absolute atomic E-state index is 0.0319. The van der Waals surface area contributed by atoms with Crippen LogP contribution in [0.5, 0.6) is 0 Å². The maximum atomic E-state index is 12.2. The zero-order chi connectivity index (χ0) is 18.5. The highest BCUT2D eigenvalue weighted by molar-refractivity contribution is 5.93. The summed E-state index contributed by atoms with van der Waals surface area (Å²) in [4.78, 5) is 17.9. The number of likely N-dealkylation sites (N-methyl/N-ethyl adjacent to an activating group) is 1. The summed E-state index contributed by atoms with van der Waals surface area (Å²) in [7, 11) is 1.82. The Morgan fingerprint density at radius 2 is 2.04 bits per heavy atom. The standard InChI is InChI=1S/C17H21N9O/c1-12-19-20-15-3-4-16(21-26(12)15)23-6-5-13(10-23)25-11-14(9-18-25)24-8-7-22(2)17(24)27/h3-4,9,11,13H,5-8,10H2,1-2H3. The molecule has 3 aromatic rings. The molecule has 27 heavy (non-hydrogen) atoms. The molecule has 2 aliphatic heterocycles. The Bertz CT molecular complexity index is 1010. The van der Waals surface area contributed by atoms with Crippen molar-refractivity contribution in [3.63, 3.8) is 0 Å². The second kappa shape index (κ2) is 5.93. The monoisotopic (exact) mass is 367 g/mol. The van der Waals surface area contributed by atoms with Crippen LogP contribution in [0.3, 0.4) is 0 Å². The van der Waals surface area contributed by atoms with Crippen molar-refractivity contribution in [3.05, 3.63) is 30.4 Å². The van der Waals surface area contributed by atoms with Crippen molar-refractivity contribution < 1.29 is 4.79 Å². The molecule has 2 saturated heterocycles. The van der Waals surface area contributed by atoms with Gasteiger partial charge in [0.2, 0.25) is 0 Å². The van der Waals surface area contributed by atoms with E-state index in [1.165, 1.54) is 0 Å². The van der Waals surface area contributed by atoms with Crippen molar-refractivity contribution in [2.45, 2.75) is 19.4 Å². The Hall–Kier alpha value is -3.17. The second-order valence-corrected chi connectivity index (χ2v) is 7.13. The summed E-state index contributed by atoms with van der Waals surface area (Å²) in [6.45, 7) is 5.09. The Morgan fingerprint density at radius 1 is 1.15 bits per heavy atom. The van der Waals surface area contributed by atoms with Gasteiger partial charge < -0.3 is 9.80 Å². The Kier molecular flexibility index (Phi) is 3.52. The zero-order valence-electron chi connectivity index (χ0n) is 15.4. The lowest BCUT2D eigenvalue weighted by atomic mass is 10.3. The van der Waals surface area contributed by atoms with Gasteiger partial charge in [0.05, 0.1) is 17.9 Å². The van der Waals surface area contributed by atoms with E-state index in [0.717, 1.165) is 49.0 Å². The van der Waals surface area contributed by atoms with Gasteiger partial charge in [-0.25, -0.2) is 4.79 Å². The second-order valence-electron chi connectivity index (χ2n) is 7.13. The fraction of sp³-hybridized carbons (Fsp3) is 0.471. The van der Waals surface area contributed by atoms with E-state index in [-0.39, 0.29) is 12.1 Å². The van der Waals surface area contributed by atoms with Gasteiger partial charge in [0.15, 0.2) is 11.5 Å². The van der Waals surface area contributed by atoms with E-state index in [4.69, 9.17) is 0 Å². The third kappa shape index (κ3) is 2.59. The molecule has 0 radical (unpaired) electrons. The average Bonchev–Trinajstić information content (AvgIpc) is 3.44. The topological polar surface area (TPSA) is 87.7 Å². The lowest BCUT2D eigenvalue weighted by Crippen LogP contribution is -2.28. The van der Waals surface area contributed by atoms with E-state index in [1.54, 1.807) is 20.5 Å². The quantitative estimate of drug-likeness (QED) is 0.685. The number of aryl methyl sites for hydroxylation is 1. The van der Waals surface area contributed by atoms with E-state index in [0.29, 0.717) is 6.54 Å². The van der Waals surface area contributed by atoms with Crippen LogP contribution >= 0.6 is 0 Å². The smallest absolute Gasteiger partial charge is 0.324 e. The molecule has 140 valence electrons. The van der Waals surface area contributed by atoms with Gasteiger partial charge in [-0.1, -0.05) is 0 Å². The summed E-state index contributed by atoms with van der Waals surface area (Å²) >= 11 is 0. The molecular formula is C17H21N9O. The first-order valence-corrected chi connectivity index (χ1v) is 9.11. The van der Waals surface area contributed by atoms with Crippen LogP contribution in [0, 0.1) is 6.92 Å². The summed E-state index contributed by atoms with van der Waals surface area (Å²) in [6.07, 6.45) is 4.74. The zero-order valence-corrected chi connectivity index (χ0v) is 15.4. The number of fused-ring (bicyclic) bond motifs is 1. The maximum Gasteiger partial charge on any atom is 0.324 e. The molecule has 10 nitrogen and oxygen atoms in total. The van der Waals surface area contributed by atoms with Crippen LogP contribution in [0.4, 0.5) is 16.3 Å². The van der Waals surface area contributed by atoms with Crippen LogP contribution in [0.25, 0.3) is 5.65 Å². The number of anilines is 2. The van der Waals surface area contributed by atoms with Crippen molar-refractivity contribution in [2.75, 3.05) is 43.0 Å². The minimum atomic E-state index is 0.0319. The highest BCUT2D eigenvalue weighted by atomic mass is 16.2. The predicted molar refractivity (Wildman–Crippen MR) is 99.0 cm³/mol. The van der Waals surface area contributed by atoms with E-state index in [2.05, 4.69) is 25.3 Å². The van der Waals surface area contributed by atoms with Gasteiger partial charge in [0.25, 0.3) is 0 Å². The van der Waals surface area contributed by atoms with Crippen molar-refractivity contribution in [3.8, 4) is 0 Å². The van der Waals surface area contributed by atoms with Gasteiger partial charge >= 0.3 is 6.03 Å². The van der Waals surface area contributed by atoms with Gasteiger partial charge in [0, 0.05) is 39.4 Å². The number of hydrogen-bond acceptors (Lipinski definition) is 6. The fourth-order valence-corrected chi connectivity index (χ4v) is 3.77. The van der Waals surface area contributed by atoms with E-state index >= 15 is 0 Å². The van der Waals surface area contributed by atoms with Gasteiger partial charge in [-0.05, 0) is 25.5 Å². The summed E-state index contributed by atoms with van der Waals surface area (Å²) in [6, 6.07) is 4.22. The molecule has 2 amide bonds. The minimum Gasteiger partial charge on any atom is -0.353 e. The Balaban J connectivity index is 1.33. The molecule has 0 aromatic carbocycles. The van der Waals surface area contributed by atoms with Gasteiger partial charge in [-0.15, -0.1) is 15.3 Å². The first-order valence-electron chi connectivity index (χ1n) is 9.11. The van der Waals surface area contributed by atoms with Crippen LogP contribution in [0.1, 0.15) is 18.3 Å². The molecule has 0 spiro atoms. The number of rotatable bonds is 3. The number of carbonyl (C=O) groups is 1. The Labute approximate surface area is 156 Å². The maximum absolute atomic E-state index is 12.2. The number of aromatic nitrogens is 6. The lowest BCUT2D eigenvalue weighted by Gasteiger charge is -2.17. The third-order valence-corrected chi connectivity index (χ3v) is 5.38. The summed E-state index contributed by atoms with van der Waals surface area (Å²) in [5.41, 5.74) is 1.62. The summed E-state index contributed by atoms with van der Waals surface area (Å²) < 4.78 is 3.74. The predicted octanol–water partition coefficient (Wildman–Crippen LogP) is 0.952. The number of carbonyl (C=O) groups excluding carboxylic acids is 1. The molecule has 5 heterocycles. The van der Waals surface area contributed by atoms with Gasteiger partial charge in [-0.3, -0.25) is 9.58 Å². The molecule has 1 atom stereocenters. The molecule has 3 aromatic heterocycles. The molecule has 10 heteroatoms. The molecule has 2 aliphatic rings. The van der Waals surface area contributed by atoms with Crippen LogP contribution in [0.2, 0.25) is 0 Å². The van der Waals surface area contributed by atoms with Crippen molar-refractivity contribution >= 4 is 23.2 Å². The molecule has 0 bridgehead atoms. The molecule has 0 N–H and O–H groups in total. The highest BCUT2D eigenvalue weighted by Gasteiger charge is 2.30. The molecule has 0 saturated carbocycles. The third-order valence-electron chi connectivity index (χ3n) is 5.38. The number of nitrogens with zero attached hydrogens (tertiary/aromatic N) is 9. The normalized spacial score (nSPS) is 20.4. The Morgan fingerprint density at radius 3 is 2.85 bits per heavy atom. The fourth-order valence-electron chi connectivity index (χ4n) is 3.77. The summed E-state index contributed by atoms with van der Waals surface area (Å²) in [5, 5.41) is 17.3. The average molecular weight is 367 g/mol. The molecular weight excluding hydrogens is 346 g/mol. The first-order chi connectivity index (χ1) is 13.1. The van der Waals surface area contributed by atoms with Crippen LogP contribution in [-0.4, -0.2) is 73.7 Å². The SMILES string of the molecule is Cc1nnc2ccc(N3CCC(n4cc(N5CCN(C)C5=O)cn4)C3)nn12. The first kappa shape index (κ1) is 16.0. The van der Waals surface area contributed by atoms with Gasteiger partial charge in [-0.2, -0.15) is 9.61 Å². The van der Waals surface area contributed by atoms with Crippen molar-refractivity contribution in [1.82, 2.24) is 34.5 Å². The summed E-state index contributed by atoms with van der Waals surface area (Å²) in [5.74, 6) is 1.69. The van der Waals surface area contributed by atoms with Crippen molar-refractivity contribution in [1.29, 1.82) is 0 Å². The highest BCUT2D eigenvalue weighted by Crippen LogP contribution is 2.27. The van der Waals surface area contributed by atoms with Gasteiger partial charge in [0.1, 0.15) is 5.82 Å². The van der Waals surface area contributed by atoms with Crippen LogP contribution in [-0.2, 0) is 0 Å². The largest absolute Gasteiger partial charge is 0.353 e. The number of amides is 2. The molecule has 1 unspecified atom stereocenters. The number of urea groups is 1. The molecule has 5 rings (SSSR count). The lowest BCUT2D eigenvalue weighted by molar-refractivity contribution is 0.229. The van der Waals surface area contributed by atoms with Crippen molar-refractivity contribution in [2.24, 2.45) is 0 Å².